The van der Waals surface area contributed by atoms with Gasteiger partial charge in [0, 0.05) is 16.6 Å². The molecular formula is C23H23BrN4O2. The molecule has 1 N–H and O–H groups in total. The van der Waals surface area contributed by atoms with Crippen molar-refractivity contribution in [3.05, 3.63) is 52.9 Å². The summed E-state index contributed by atoms with van der Waals surface area (Å²) in [5, 5.41) is 11.7. The Morgan fingerprint density at radius 2 is 2.00 bits per heavy atom. The topological polar surface area (TPSA) is 82.0 Å². The highest BCUT2D eigenvalue weighted by Crippen LogP contribution is 2.36. The number of nitrogens with zero attached hydrogens (tertiary/aromatic N) is 3. The Bertz CT molecular complexity index is 1140. The monoisotopic (exact) mass is 466 g/mol. The van der Waals surface area contributed by atoms with E-state index in [0.29, 0.717) is 18.8 Å². The van der Waals surface area contributed by atoms with E-state index >= 15 is 0 Å². The van der Waals surface area contributed by atoms with Crippen molar-refractivity contribution in [1.29, 1.82) is 5.26 Å². The van der Waals surface area contributed by atoms with Crippen LogP contribution in [0.15, 0.2) is 47.1 Å². The lowest BCUT2D eigenvalue weighted by molar-refractivity contribution is 0.0216. The molecule has 3 aromatic rings. The normalized spacial score (nSPS) is 19.1. The minimum atomic E-state index is -0.596. The first kappa shape index (κ1) is 20.4. The van der Waals surface area contributed by atoms with E-state index in [-0.39, 0.29) is 12.0 Å². The Kier molecular flexibility index (Phi) is 5.29. The summed E-state index contributed by atoms with van der Waals surface area (Å²) in [7, 11) is 0. The van der Waals surface area contributed by atoms with Crippen LogP contribution in [0.5, 0.6) is 0 Å². The molecule has 1 saturated heterocycles. The van der Waals surface area contributed by atoms with Gasteiger partial charge in [-0.05, 0) is 56.2 Å². The number of halogens is 1. The second-order valence-corrected chi connectivity index (χ2v) is 9.51. The number of nitrogens with one attached hydrogen (secondary N) is 1. The molecule has 7 heteroatoms. The predicted molar refractivity (Wildman–Crippen MR) is 119 cm³/mol. The van der Waals surface area contributed by atoms with Gasteiger partial charge in [0.1, 0.15) is 11.4 Å². The number of hydrogen-bond acceptors (Lipinski definition) is 4. The van der Waals surface area contributed by atoms with Crippen LogP contribution in [0.25, 0.3) is 22.0 Å². The maximum Gasteiger partial charge on any atom is 0.410 e. The number of imidazole rings is 1. The van der Waals surface area contributed by atoms with Crippen LogP contribution >= 0.6 is 15.9 Å². The molecule has 1 aliphatic heterocycles. The van der Waals surface area contributed by atoms with Crippen molar-refractivity contribution in [3.8, 4) is 17.3 Å². The van der Waals surface area contributed by atoms with Gasteiger partial charge in [0.2, 0.25) is 0 Å². The number of aromatic amines is 1. The van der Waals surface area contributed by atoms with Gasteiger partial charge in [-0.2, -0.15) is 5.26 Å². The Morgan fingerprint density at radius 3 is 2.73 bits per heavy atom. The summed E-state index contributed by atoms with van der Waals surface area (Å²) in [5.74, 6) is 0.430. The van der Waals surface area contributed by atoms with E-state index in [4.69, 9.17) is 4.74 Å². The van der Waals surface area contributed by atoms with Crippen molar-refractivity contribution < 1.29 is 9.53 Å². The number of amides is 1. The van der Waals surface area contributed by atoms with Gasteiger partial charge in [0.15, 0.2) is 0 Å². The van der Waals surface area contributed by atoms with E-state index in [9.17, 15) is 10.1 Å². The van der Waals surface area contributed by atoms with Crippen LogP contribution in [0.2, 0.25) is 0 Å². The SMILES string of the molecule is CC(C)(C)OC(=O)N1C[C@@H](C#N)C[C@H]1c1ncc(-c2ccc3cc(Br)ccc3c2)[nH]1. The van der Waals surface area contributed by atoms with Gasteiger partial charge in [0.25, 0.3) is 0 Å². The molecule has 0 unspecified atom stereocenters. The van der Waals surface area contributed by atoms with Crippen molar-refractivity contribution in [2.24, 2.45) is 5.92 Å². The highest BCUT2D eigenvalue weighted by molar-refractivity contribution is 9.10. The molecule has 30 heavy (non-hydrogen) atoms. The van der Waals surface area contributed by atoms with Gasteiger partial charge in [0.05, 0.1) is 29.9 Å². The molecular weight excluding hydrogens is 444 g/mol. The lowest BCUT2D eigenvalue weighted by Gasteiger charge is -2.27. The molecule has 0 bridgehead atoms. The molecule has 2 heterocycles. The second-order valence-electron chi connectivity index (χ2n) is 8.60. The highest BCUT2D eigenvalue weighted by Gasteiger charge is 2.40. The smallest absolute Gasteiger partial charge is 0.410 e. The number of fused-ring (bicyclic) bond motifs is 1. The summed E-state index contributed by atoms with van der Waals surface area (Å²) in [4.78, 5) is 22.2. The number of hydrogen-bond donors (Lipinski definition) is 1. The second kappa shape index (κ2) is 7.77. The first-order valence-electron chi connectivity index (χ1n) is 9.87. The number of carbonyl (C=O) groups is 1. The summed E-state index contributed by atoms with van der Waals surface area (Å²) in [6.45, 7) is 5.85. The third-order valence-electron chi connectivity index (χ3n) is 5.14. The number of aromatic nitrogens is 2. The van der Waals surface area contributed by atoms with E-state index in [1.807, 2.05) is 32.9 Å². The van der Waals surface area contributed by atoms with Gasteiger partial charge >= 0.3 is 6.09 Å². The molecule has 2 atom stereocenters. The number of rotatable bonds is 2. The van der Waals surface area contributed by atoms with Gasteiger partial charge in [-0.15, -0.1) is 0 Å². The van der Waals surface area contributed by atoms with Crippen LogP contribution in [0.4, 0.5) is 4.79 Å². The third kappa shape index (κ3) is 4.19. The maximum absolute atomic E-state index is 12.7. The average Bonchev–Trinajstić information content (AvgIpc) is 3.33. The minimum absolute atomic E-state index is 0.241. The Hall–Kier alpha value is -2.85. The van der Waals surface area contributed by atoms with Gasteiger partial charge < -0.3 is 9.72 Å². The average molecular weight is 467 g/mol. The fourth-order valence-corrected chi connectivity index (χ4v) is 4.13. The first-order chi connectivity index (χ1) is 14.2. The quantitative estimate of drug-likeness (QED) is 0.516. The molecule has 0 aliphatic carbocycles. The Balaban J connectivity index is 1.62. The highest BCUT2D eigenvalue weighted by atomic mass is 79.9. The van der Waals surface area contributed by atoms with Crippen LogP contribution in [0.1, 0.15) is 39.1 Å². The van der Waals surface area contributed by atoms with Gasteiger partial charge in [-0.25, -0.2) is 9.78 Å². The molecule has 4 rings (SSSR count). The van der Waals surface area contributed by atoms with Crippen LogP contribution in [0, 0.1) is 17.2 Å². The van der Waals surface area contributed by atoms with E-state index in [2.05, 4.69) is 56.2 Å². The van der Waals surface area contributed by atoms with Gasteiger partial charge in [-0.1, -0.05) is 34.1 Å². The number of benzene rings is 2. The maximum atomic E-state index is 12.7. The Morgan fingerprint density at radius 1 is 1.27 bits per heavy atom. The molecule has 154 valence electrons. The van der Waals surface area contributed by atoms with Crippen LogP contribution in [-0.2, 0) is 4.74 Å². The van der Waals surface area contributed by atoms with Crippen LogP contribution in [0.3, 0.4) is 0 Å². The van der Waals surface area contributed by atoms with E-state index < -0.39 is 11.7 Å². The van der Waals surface area contributed by atoms with Crippen molar-refractivity contribution >= 4 is 32.8 Å². The van der Waals surface area contributed by atoms with Crippen LogP contribution in [-0.4, -0.2) is 33.1 Å². The molecule has 6 nitrogen and oxygen atoms in total. The molecule has 1 fully saturated rings. The summed E-state index contributed by atoms with van der Waals surface area (Å²) in [6, 6.07) is 14.4. The number of ether oxygens (including phenoxy) is 1. The molecule has 0 spiro atoms. The molecule has 1 aliphatic rings. The van der Waals surface area contributed by atoms with Crippen molar-refractivity contribution in [2.75, 3.05) is 6.54 Å². The summed E-state index contributed by atoms with van der Waals surface area (Å²) < 4.78 is 6.59. The number of nitriles is 1. The zero-order valence-electron chi connectivity index (χ0n) is 17.1. The number of H-pyrrole nitrogens is 1. The zero-order valence-corrected chi connectivity index (χ0v) is 18.7. The zero-order chi connectivity index (χ0) is 21.5. The Labute approximate surface area is 184 Å². The van der Waals surface area contributed by atoms with Gasteiger partial charge in [-0.3, -0.25) is 4.90 Å². The summed E-state index contributed by atoms with van der Waals surface area (Å²) in [6.07, 6.45) is 1.90. The summed E-state index contributed by atoms with van der Waals surface area (Å²) in [5.41, 5.74) is 1.29. The van der Waals surface area contributed by atoms with Crippen LogP contribution < -0.4 is 0 Å². The molecule has 2 aromatic carbocycles. The fourth-order valence-electron chi connectivity index (χ4n) is 3.75. The van der Waals surface area contributed by atoms with Crippen molar-refractivity contribution in [3.63, 3.8) is 0 Å². The largest absolute Gasteiger partial charge is 0.444 e. The third-order valence-corrected chi connectivity index (χ3v) is 5.63. The van der Waals surface area contributed by atoms with E-state index in [1.54, 1.807) is 11.1 Å². The molecule has 1 amide bonds. The van der Waals surface area contributed by atoms with Crippen molar-refractivity contribution in [2.45, 2.75) is 38.8 Å². The molecule has 1 aromatic heterocycles. The predicted octanol–water partition coefficient (Wildman–Crippen LogP) is 5.81. The number of likely N-dealkylation sites (tertiary alicyclic amines) is 1. The molecule has 0 radical (unpaired) electrons. The van der Waals surface area contributed by atoms with E-state index in [0.717, 1.165) is 26.5 Å². The standard InChI is InChI=1S/C23H23BrN4O2/c1-23(2,3)30-22(29)28-13-14(11-25)8-20(28)21-26-12-19(27-21)17-5-4-16-10-18(24)7-6-15(16)9-17/h4-7,9-10,12,14,20H,8,13H2,1-3H3,(H,26,27)/t14-,20+/m1/s1. The fraction of sp³-hybridized carbons (Fsp3) is 0.348. The number of carbonyl (C=O) groups excluding carboxylic acids is 1. The minimum Gasteiger partial charge on any atom is -0.444 e. The summed E-state index contributed by atoms with van der Waals surface area (Å²) >= 11 is 3.50. The molecule has 0 saturated carbocycles. The lowest BCUT2D eigenvalue weighted by atomic mass is 10.1. The lowest BCUT2D eigenvalue weighted by Crippen LogP contribution is -2.37. The first-order valence-corrected chi connectivity index (χ1v) is 10.7. The van der Waals surface area contributed by atoms with E-state index in [1.165, 1.54) is 0 Å². The van der Waals surface area contributed by atoms with Crippen molar-refractivity contribution in [1.82, 2.24) is 14.9 Å².